The fourth-order valence-corrected chi connectivity index (χ4v) is 3.17. The van der Waals surface area contributed by atoms with Gasteiger partial charge in [-0.05, 0) is 75.3 Å². The lowest BCUT2D eigenvalue weighted by atomic mass is 10.0. The van der Waals surface area contributed by atoms with Crippen molar-refractivity contribution in [1.82, 2.24) is 5.32 Å². The first-order valence-corrected chi connectivity index (χ1v) is 9.72. The van der Waals surface area contributed by atoms with Crippen LogP contribution >= 0.6 is 0 Å². The van der Waals surface area contributed by atoms with E-state index in [1.54, 1.807) is 0 Å². The SMILES string of the molecule is C#Cc1ccc(OCCCN[C@H](CC(C)C)C(=O)OC2CCCC2)cc1. The number of benzene rings is 1. The summed E-state index contributed by atoms with van der Waals surface area (Å²) in [6.45, 7) is 5.56. The summed E-state index contributed by atoms with van der Waals surface area (Å²) < 4.78 is 11.4. The number of esters is 1. The van der Waals surface area contributed by atoms with Crippen molar-refractivity contribution in [2.45, 2.75) is 64.5 Å². The molecule has 0 radical (unpaired) electrons. The van der Waals surface area contributed by atoms with Gasteiger partial charge in [0.05, 0.1) is 6.61 Å². The van der Waals surface area contributed by atoms with Crippen molar-refractivity contribution in [3.63, 3.8) is 0 Å². The Bertz CT molecular complexity index is 582. The van der Waals surface area contributed by atoms with Crippen LogP contribution in [-0.4, -0.2) is 31.3 Å². The van der Waals surface area contributed by atoms with E-state index in [9.17, 15) is 4.79 Å². The molecule has 0 aromatic heterocycles. The Morgan fingerprint density at radius 1 is 1.27 bits per heavy atom. The first kappa shape index (κ1) is 20.3. The van der Waals surface area contributed by atoms with E-state index in [1.807, 2.05) is 24.3 Å². The molecule has 1 aromatic carbocycles. The number of carbonyl (C=O) groups excluding carboxylic acids is 1. The first-order valence-electron chi connectivity index (χ1n) is 9.72. The molecule has 1 aliphatic carbocycles. The molecule has 0 amide bonds. The molecular weight excluding hydrogens is 326 g/mol. The van der Waals surface area contributed by atoms with Gasteiger partial charge in [0, 0.05) is 5.56 Å². The van der Waals surface area contributed by atoms with Crippen LogP contribution in [0.1, 0.15) is 57.9 Å². The topological polar surface area (TPSA) is 47.6 Å². The third-order valence-electron chi connectivity index (χ3n) is 4.58. The van der Waals surface area contributed by atoms with Gasteiger partial charge in [-0.25, -0.2) is 0 Å². The summed E-state index contributed by atoms with van der Waals surface area (Å²) in [5.41, 5.74) is 0.844. The second kappa shape index (κ2) is 10.9. The number of hydrogen-bond acceptors (Lipinski definition) is 4. The molecule has 1 atom stereocenters. The first-order chi connectivity index (χ1) is 12.6. The molecule has 1 fully saturated rings. The van der Waals surface area contributed by atoms with Crippen LogP contribution in [0.25, 0.3) is 0 Å². The smallest absolute Gasteiger partial charge is 0.323 e. The van der Waals surface area contributed by atoms with Gasteiger partial charge in [-0.3, -0.25) is 4.79 Å². The van der Waals surface area contributed by atoms with Gasteiger partial charge >= 0.3 is 5.97 Å². The molecule has 4 nitrogen and oxygen atoms in total. The van der Waals surface area contributed by atoms with Crippen molar-refractivity contribution in [1.29, 1.82) is 0 Å². The number of hydrogen-bond donors (Lipinski definition) is 1. The van der Waals surface area contributed by atoms with Gasteiger partial charge in [-0.15, -0.1) is 6.42 Å². The summed E-state index contributed by atoms with van der Waals surface area (Å²) in [5, 5.41) is 3.35. The predicted octanol–water partition coefficient (Wildman–Crippen LogP) is 3.93. The zero-order chi connectivity index (χ0) is 18.8. The van der Waals surface area contributed by atoms with E-state index in [-0.39, 0.29) is 18.1 Å². The summed E-state index contributed by atoms with van der Waals surface area (Å²) in [4.78, 5) is 12.4. The highest BCUT2D eigenvalue weighted by Gasteiger charge is 2.25. The van der Waals surface area contributed by atoms with Gasteiger partial charge in [0.15, 0.2) is 0 Å². The quantitative estimate of drug-likeness (QED) is 0.392. The fraction of sp³-hybridized carbons (Fsp3) is 0.591. The van der Waals surface area contributed by atoms with Crippen LogP contribution in [0, 0.1) is 18.3 Å². The number of carbonyl (C=O) groups is 1. The monoisotopic (exact) mass is 357 g/mol. The minimum atomic E-state index is -0.231. The van der Waals surface area contributed by atoms with Crippen LogP contribution < -0.4 is 10.1 Å². The number of nitrogens with one attached hydrogen (secondary N) is 1. The highest BCUT2D eigenvalue weighted by atomic mass is 16.5. The molecule has 0 aliphatic heterocycles. The Morgan fingerprint density at radius 3 is 2.58 bits per heavy atom. The molecule has 0 heterocycles. The van der Waals surface area contributed by atoms with Crippen LogP contribution in [-0.2, 0) is 9.53 Å². The lowest BCUT2D eigenvalue weighted by molar-refractivity contribution is -0.151. The minimum Gasteiger partial charge on any atom is -0.494 e. The molecule has 0 bridgehead atoms. The predicted molar refractivity (Wildman–Crippen MR) is 104 cm³/mol. The van der Waals surface area contributed by atoms with Crippen LogP contribution in [0.5, 0.6) is 5.75 Å². The highest BCUT2D eigenvalue weighted by molar-refractivity contribution is 5.76. The fourth-order valence-electron chi connectivity index (χ4n) is 3.17. The lowest BCUT2D eigenvalue weighted by Crippen LogP contribution is -2.41. The number of rotatable bonds is 10. The molecular formula is C22H31NO3. The molecule has 1 aliphatic rings. The molecule has 1 N–H and O–H groups in total. The van der Waals surface area contributed by atoms with Crippen molar-refractivity contribution in [2.75, 3.05) is 13.2 Å². The van der Waals surface area contributed by atoms with Crippen LogP contribution in [0.4, 0.5) is 0 Å². The Kier molecular flexibility index (Phi) is 8.50. The Labute approximate surface area is 157 Å². The second-order valence-corrected chi connectivity index (χ2v) is 7.35. The van der Waals surface area contributed by atoms with E-state index in [4.69, 9.17) is 15.9 Å². The summed E-state index contributed by atoms with van der Waals surface area (Å²) >= 11 is 0. The van der Waals surface area contributed by atoms with Crippen molar-refractivity contribution in [3.8, 4) is 18.1 Å². The van der Waals surface area contributed by atoms with E-state index in [0.717, 1.165) is 43.5 Å². The molecule has 0 saturated heterocycles. The second-order valence-electron chi connectivity index (χ2n) is 7.35. The number of ether oxygens (including phenoxy) is 2. The van der Waals surface area contributed by atoms with E-state index >= 15 is 0 Å². The molecule has 0 unspecified atom stereocenters. The van der Waals surface area contributed by atoms with Crippen molar-refractivity contribution in [2.24, 2.45) is 5.92 Å². The molecule has 142 valence electrons. The lowest BCUT2D eigenvalue weighted by Gasteiger charge is -2.21. The number of terminal acetylenes is 1. The molecule has 4 heteroatoms. The molecule has 1 aromatic rings. The Hall–Kier alpha value is -1.99. The summed E-state index contributed by atoms with van der Waals surface area (Å²) in [6, 6.07) is 7.26. The van der Waals surface area contributed by atoms with Crippen molar-refractivity contribution >= 4 is 5.97 Å². The zero-order valence-corrected chi connectivity index (χ0v) is 16.0. The van der Waals surface area contributed by atoms with E-state index < -0.39 is 0 Å². The van der Waals surface area contributed by atoms with Gasteiger partial charge in [0.2, 0.25) is 0 Å². The molecule has 2 rings (SSSR count). The van der Waals surface area contributed by atoms with E-state index in [2.05, 4.69) is 25.1 Å². The van der Waals surface area contributed by atoms with Crippen LogP contribution in [0.3, 0.4) is 0 Å². The molecule has 26 heavy (non-hydrogen) atoms. The third-order valence-corrected chi connectivity index (χ3v) is 4.58. The maximum absolute atomic E-state index is 12.4. The van der Waals surface area contributed by atoms with E-state index in [1.165, 1.54) is 12.8 Å². The van der Waals surface area contributed by atoms with Gasteiger partial charge < -0.3 is 14.8 Å². The maximum Gasteiger partial charge on any atom is 0.323 e. The average molecular weight is 357 g/mol. The van der Waals surface area contributed by atoms with Crippen LogP contribution in [0.15, 0.2) is 24.3 Å². The Morgan fingerprint density at radius 2 is 1.96 bits per heavy atom. The normalized spacial score (nSPS) is 15.6. The summed E-state index contributed by atoms with van der Waals surface area (Å²) in [5.74, 6) is 3.73. The standard InChI is InChI=1S/C22H31NO3/c1-4-18-10-12-19(13-11-18)25-15-7-14-23-21(16-17(2)3)22(24)26-20-8-5-6-9-20/h1,10-13,17,20-21,23H,5-9,14-16H2,2-3H3/t21-/m1/s1. The Balaban J connectivity index is 1.70. The van der Waals surface area contributed by atoms with Gasteiger partial charge in [0.25, 0.3) is 0 Å². The van der Waals surface area contributed by atoms with Gasteiger partial charge in [-0.2, -0.15) is 0 Å². The summed E-state index contributed by atoms with van der Waals surface area (Å²) in [6.07, 6.45) is 11.4. The largest absolute Gasteiger partial charge is 0.494 e. The van der Waals surface area contributed by atoms with Crippen LogP contribution in [0.2, 0.25) is 0 Å². The molecule has 0 spiro atoms. The van der Waals surface area contributed by atoms with Crippen molar-refractivity contribution < 1.29 is 14.3 Å². The van der Waals surface area contributed by atoms with E-state index in [0.29, 0.717) is 12.5 Å². The summed E-state index contributed by atoms with van der Waals surface area (Å²) in [7, 11) is 0. The van der Waals surface area contributed by atoms with Gasteiger partial charge in [0.1, 0.15) is 17.9 Å². The third kappa shape index (κ3) is 7.09. The van der Waals surface area contributed by atoms with Crippen molar-refractivity contribution in [3.05, 3.63) is 29.8 Å². The minimum absolute atomic E-state index is 0.101. The van der Waals surface area contributed by atoms with Gasteiger partial charge in [-0.1, -0.05) is 19.8 Å². The average Bonchev–Trinajstić information content (AvgIpc) is 3.13. The zero-order valence-electron chi connectivity index (χ0n) is 16.0. The maximum atomic E-state index is 12.4. The highest BCUT2D eigenvalue weighted by Crippen LogP contribution is 2.22. The molecule has 1 saturated carbocycles.